The van der Waals surface area contributed by atoms with Crippen molar-refractivity contribution in [2.45, 2.75) is 63.7 Å². The highest BCUT2D eigenvalue weighted by atomic mass is 32.1. The number of hydrogen-bond acceptors (Lipinski definition) is 3. The fourth-order valence-corrected chi connectivity index (χ4v) is 4.73. The molecule has 2 aliphatic rings. The Morgan fingerprint density at radius 1 is 1.30 bits per heavy atom. The second-order valence-corrected chi connectivity index (χ2v) is 6.74. The SMILES string of the molecule is CCC1(CC)CCC(C(=O)N2CCC[C@H]2C(=O)O)C1S. The van der Waals surface area contributed by atoms with Gasteiger partial charge in [0.1, 0.15) is 6.04 Å². The molecule has 1 N–H and O–H groups in total. The molecule has 114 valence electrons. The van der Waals surface area contributed by atoms with E-state index in [1.807, 2.05) is 0 Å². The van der Waals surface area contributed by atoms with Crippen molar-refractivity contribution >= 4 is 24.5 Å². The first-order chi connectivity index (χ1) is 9.46. The van der Waals surface area contributed by atoms with E-state index in [2.05, 4.69) is 13.8 Å². The van der Waals surface area contributed by atoms with Crippen molar-refractivity contribution in [1.29, 1.82) is 0 Å². The second kappa shape index (κ2) is 5.96. The van der Waals surface area contributed by atoms with Crippen molar-refractivity contribution in [3.05, 3.63) is 0 Å². The van der Waals surface area contributed by atoms with Crippen molar-refractivity contribution in [3.8, 4) is 0 Å². The lowest BCUT2D eigenvalue weighted by Crippen LogP contribution is -2.45. The monoisotopic (exact) mass is 299 g/mol. The number of carboxylic acids is 1. The Morgan fingerprint density at radius 3 is 2.45 bits per heavy atom. The van der Waals surface area contributed by atoms with Gasteiger partial charge in [-0.05, 0) is 43.9 Å². The van der Waals surface area contributed by atoms with E-state index in [0.717, 1.165) is 32.1 Å². The van der Waals surface area contributed by atoms with E-state index in [1.54, 1.807) is 4.90 Å². The number of carbonyl (C=O) groups excluding carboxylic acids is 1. The van der Waals surface area contributed by atoms with Crippen LogP contribution in [0.5, 0.6) is 0 Å². The third kappa shape index (κ3) is 2.45. The van der Waals surface area contributed by atoms with E-state index in [1.165, 1.54) is 0 Å². The third-order valence-electron chi connectivity index (χ3n) is 5.51. The summed E-state index contributed by atoms with van der Waals surface area (Å²) in [5.74, 6) is -0.973. The van der Waals surface area contributed by atoms with Gasteiger partial charge in [-0.25, -0.2) is 4.79 Å². The molecular weight excluding hydrogens is 274 g/mol. The molecule has 3 atom stereocenters. The zero-order valence-corrected chi connectivity index (χ0v) is 13.2. The van der Waals surface area contributed by atoms with Crippen LogP contribution in [0.2, 0.25) is 0 Å². The molecular formula is C15H25NO3S. The highest BCUT2D eigenvalue weighted by Gasteiger charge is 2.49. The number of aliphatic carboxylic acids is 1. The van der Waals surface area contributed by atoms with Gasteiger partial charge in [0.2, 0.25) is 5.91 Å². The molecule has 1 amide bonds. The van der Waals surface area contributed by atoms with Crippen molar-refractivity contribution in [1.82, 2.24) is 4.90 Å². The van der Waals surface area contributed by atoms with Gasteiger partial charge >= 0.3 is 5.97 Å². The average molecular weight is 299 g/mol. The van der Waals surface area contributed by atoms with Gasteiger partial charge in [-0.15, -0.1) is 0 Å². The number of amides is 1. The summed E-state index contributed by atoms with van der Waals surface area (Å²) in [5, 5.41) is 9.28. The Morgan fingerprint density at radius 2 is 1.95 bits per heavy atom. The maximum atomic E-state index is 12.7. The lowest BCUT2D eigenvalue weighted by atomic mass is 9.79. The Balaban J connectivity index is 2.13. The Bertz CT molecular complexity index is 395. The van der Waals surface area contributed by atoms with E-state index < -0.39 is 12.0 Å². The third-order valence-corrected chi connectivity index (χ3v) is 6.42. The molecule has 1 aliphatic heterocycles. The van der Waals surface area contributed by atoms with Crippen molar-refractivity contribution in [2.24, 2.45) is 11.3 Å². The lowest BCUT2D eigenvalue weighted by molar-refractivity contribution is -0.149. The predicted octanol–water partition coefficient (Wildman–Crippen LogP) is 2.58. The lowest BCUT2D eigenvalue weighted by Gasteiger charge is -2.34. The van der Waals surface area contributed by atoms with Crippen LogP contribution in [0.3, 0.4) is 0 Å². The van der Waals surface area contributed by atoms with Crippen LogP contribution in [0.4, 0.5) is 0 Å². The number of carboxylic acid groups (broad SMARTS) is 1. The zero-order valence-electron chi connectivity index (χ0n) is 12.3. The summed E-state index contributed by atoms with van der Waals surface area (Å²) in [6, 6.07) is -0.624. The molecule has 2 rings (SSSR count). The van der Waals surface area contributed by atoms with Crippen LogP contribution >= 0.6 is 12.6 Å². The highest BCUT2D eigenvalue weighted by molar-refractivity contribution is 7.81. The van der Waals surface area contributed by atoms with E-state index in [4.69, 9.17) is 12.6 Å². The molecule has 0 spiro atoms. The van der Waals surface area contributed by atoms with Gasteiger partial charge in [0.15, 0.2) is 0 Å². The molecule has 1 saturated heterocycles. The number of nitrogens with zero attached hydrogens (tertiary/aromatic N) is 1. The van der Waals surface area contributed by atoms with E-state index in [0.29, 0.717) is 13.0 Å². The minimum absolute atomic E-state index is 0.0127. The molecule has 1 saturated carbocycles. The van der Waals surface area contributed by atoms with Gasteiger partial charge in [-0.3, -0.25) is 4.79 Å². The maximum Gasteiger partial charge on any atom is 0.326 e. The Labute approximate surface area is 126 Å². The number of rotatable bonds is 4. The van der Waals surface area contributed by atoms with E-state index in [-0.39, 0.29) is 22.5 Å². The van der Waals surface area contributed by atoms with Crippen molar-refractivity contribution in [3.63, 3.8) is 0 Å². The molecule has 1 aliphatic carbocycles. The van der Waals surface area contributed by atoms with Crippen LogP contribution in [0, 0.1) is 11.3 Å². The molecule has 0 aromatic carbocycles. The van der Waals surface area contributed by atoms with Crippen molar-refractivity contribution < 1.29 is 14.7 Å². The topological polar surface area (TPSA) is 57.6 Å². The van der Waals surface area contributed by atoms with Gasteiger partial charge in [-0.2, -0.15) is 12.6 Å². The average Bonchev–Trinajstić information content (AvgIpc) is 3.03. The molecule has 5 heteroatoms. The Kier molecular flexibility index (Phi) is 4.67. The fourth-order valence-electron chi connectivity index (χ4n) is 3.96. The molecule has 0 bridgehead atoms. The summed E-state index contributed by atoms with van der Waals surface area (Å²) in [6.45, 7) is 4.91. The molecule has 0 aromatic heterocycles. The molecule has 0 aromatic rings. The summed E-state index contributed by atoms with van der Waals surface area (Å²) in [7, 11) is 0. The van der Waals surface area contributed by atoms with Crippen LogP contribution in [0.1, 0.15) is 52.4 Å². The normalized spacial score (nSPS) is 32.5. The minimum atomic E-state index is -0.873. The molecule has 4 nitrogen and oxygen atoms in total. The zero-order chi connectivity index (χ0) is 14.9. The maximum absolute atomic E-state index is 12.7. The van der Waals surface area contributed by atoms with Crippen LogP contribution in [0.15, 0.2) is 0 Å². The van der Waals surface area contributed by atoms with Crippen molar-refractivity contribution in [2.75, 3.05) is 6.54 Å². The molecule has 20 heavy (non-hydrogen) atoms. The molecule has 2 unspecified atom stereocenters. The van der Waals surface area contributed by atoms with Gasteiger partial charge in [-0.1, -0.05) is 13.8 Å². The number of thiol groups is 1. The summed E-state index contributed by atoms with van der Waals surface area (Å²) in [4.78, 5) is 25.5. The molecule has 1 heterocycles. The van der Waals surface area contributed by atoms with Gasteiger partial charge in [0, 0.05) is 11.8 Å². The number of hydrogen-bond donors (Lipinski definition) is 2. The summed E-state index contributed by atoms with van der Waals surface area (Å²) < 4.78 is 0. The second-order valence-electron chi connectivity index (χ2n) is 6.19. The Hall–Kier alpha value is -0.710. The number of likely N-dealkylation sites (tertiary alicyclic amines) is 1. The quantitative estimate of drug-likeness (QED) is 0.784. The van der Waals surface area contributed by atoms with E-state index in [9.17, 15) is 14.7 Å². The summed E-state index contributed by atoms with van der Waals surface area (Å²) >= 11 is 4.75. The first-order valence-corrected chi connectivity index (χ1v) is 8.20. The van der Waals surface area contributed by atoms with Gasteiger partial charge < -0.3 is 10.0 Å². The van der Waals surface area contributed by atoms with Crippen LogP contribution in [-0.4, -0.2) is 39.7 Å². The molecule has 2 fully saturated rings. The predicted molar refractivity (Wildman–Crippen MR) is 80.9 cm³/mol. The first-order valence-electron chi connectivity index (χ1n) is 7.68. The standard InChI is InChI=1S/C15H25NO3S/c1-3-15(4-2)8-7-10(12(15)20)13(17)16-9-5-6-11(16)14(18)19/h10-12,20H,3-9H2,1-2H3,(H,18,19)/t10?,11-,12?/m0/s1. The van der Waals surface area contributed by atoms with Crippen LogP contribution in [-0.2, 0) is 9.59 Å². The fraction of sp³-hybridized carbons (Fsp3) is 0.867. The van der Waals surface area contributed by atoms with Crippen LogP contribution in [0.25, 0.3) is 0 Å². The smallest absolute Gasteiger partial charge is 0.326 e. The number of carbonyl (C=O) groups is 2. The highest BCUT2D eigenvalue weighted by Crippen LogP contribution is 2.50. The van der Waals surface area contributed by atoms with Crippen LogP contribution < -0.4 is 0 Å². The van der Waals surface area contributed by atoms with Gasteiger partial charge in [0.25, 0.3) is 0 Å². The summed E-state index contributed by atoms with van der Waals surface area (Å²) in [6.07, 6.45) is 5.30. The first kappa shape index (κ1) is 15.7. The molecule has 0 radical (unpaired) electrons. The van der Waals surface area contributed by atoms with E-state index >= 15 is 0 Å². The summed E-state index contributed by atoms with van der Waals surface area (Å²) in [5.41, 5.74) is 0.141. The van der Waals surface area contributed by atoms with Gasteiger partial charge in [0.05, 0.1) is 5.92 Å². The minimum Gasteiger partial charge on any atom is -0.480 e. The largest absolute Gasteiger partial charge is 0.480 e.